The summed E-state index contributed by atoms with van der Waals surface area (Å²) in [6, 6.07) is 8.85. The van der Waals surface area contributed by atoms with Crippen LogP contribution in [0.1, 0.15) is 81.5 Å². The molecule has 0 saturated heterocycles. The van der Waals surface area contributed by atoms with Gasteiger partial charge >= 0.3 is 11.9 Å². The summed E-state index contributed by atoms with van der Waals surface area (Å²) < 4.78 is 10.2. The minimum Gasteiger partial charge on any atom is -0.461 e. The van der Waals surface area contributed by atoms with E-state index in [0.29, 0.717) is 12.0 Å². The van der Waals surface area contributed by atoms with Crippen molar-refractivity contribution in [2.75, 3.05) is 13.2 Å². The quantitative estimate of drug-likeness (QED) is 0.219. The standard InChI is InChI=1S/C23H34O4/c1-2-3-4-5-6-7-8-9-13-18-22(24)26-19-14-15-20-27-23(25)21-16-11-10-12-17-21/h10-12,14-17H,2-9,13,18-20H2,1H3. The Kier molecular flexibility index (Phi) is 13.7. The van der Waals surface area contributed by atoms with Crippen molar-refractivity contribution in [3.8, 4) is 0 Å². The molecule has 0 amide bonds. The molecule has 0 aromatic heterocycles. The minimum absolute atomic E-state index is 0.163. The lowest BCUT2D eigenvalue weighted by Gasteiger charge is -2.03. The summed E-state index contributed by atoms with van der Waals surface area (Å²) in [5.74, 6) is -0.522. The fraction of sp³-hybridized carbons (Fsp3) is 0.565. The first-order chi connectivity index (χ1) is 13.2. The Bertz CT molecular complexity index is 537. The summed E-state index contributed by atoms with van der Waals surface area (Å²) in [4.78, 5) is 23.3. The maximum Gasteiger partial charge on any atom is 0.338 e. The molecule has 0 fully saturated rings. The highest BCUT2D eigenvalue weighted by atomic mass is 16.5. The molecule has 1 aromatic carbocycles. The number of hydrogen-bond donors (Lipinski definition) is 0. The lowest BCUT2D eigenvalue weighted by Crippen LogP contribution is -2.06. The molecular weight excluding hydrogens is 340 g/mol. The maximum absolute atomic E-state index is 11.7. The lowest BCUT2D eigenvalue weighted by molar-refractivity contribution is -0.142. The Morgan fingerprint density at radius 2 is 1.33 bits per heavy atom. The van der Waals surface area contributed by atoms with E-state index in [1.807, 2.05) is 6.07 Å². The van der Waals surface area contributed by atoms with Crippen molar-refractivity contribution < 1.29 is 19.1 Å². The lowest BCUT2D eigenvalue weighted by atomic mass is 10.1. The number of hydrogen-bond acceptors (Lipinski definition) is 4. The number of unbranched alkanes of at least 4 members (excludes halogenated alkanes) is 8. The van der Waals surface area contributed by atoms with Crippen molar-refractivity contribution in [3.05, 3.63) is 48.0 Å². The highest BCUT2D eigenvalue weighted by Crippen LogP contribution is 2.10. The smallest absolute Gasteiger partial charge is 0.338 e. The molecule has 0 N–H and O–H groups in total. The van der Waals surface area contributed by atoms with Crippen LogP contribution in [-0.2, 0) is 14.3 Å². The van der Waals surface area contributed by atoms with E-state index in [2.05, 4.69) is 6.92 Å². The van der Waals surface area contributed by atoms with Gasteiger partial charge in [0.2, 0.25) is 0 Å². The number of carbonyl (C=O) groups is 2. The first kappa shape index (κ1) is 22.9. The van der Waals surface area contributed by atoms with Gasteiger partial charge in [0.1, 0.15) is 13.2 Å². The van der Waals surface area contributed by atoms with Gasteiger partial charge in [0.15, 0.2) is 0 Å². The molecule has 0 aliphatic heterocycles. The average molecular weight is 375 g/mol. The first-order valence-electron chi connectivity index (χ1n) is 10.3. The first-order valence-corrected chi connectivity index (χ1v) is 10.3. The van der Waals surface area contributed by atoms with Crippen molar-refractivity contribution in [3.63, 3.8) is 0 Å². The molecule has 1 aromatic rings. The van der Waals surface area contributed by atoms with Crippen LogP contribution in [0.4, 0.5) is 0 Å². The molecule has 4 heteroatoms. The van der Waals surface area contributed by atoms with Gasteiger partial charge in [-0.2, -0.15) is 0 Å². The number of rotatable bonds is 15. The zero-order chi connectivity index (χ0) is 19.6. The van der Waals surface area contributed by atoms with Crippen molar-refractivity contribution in [2.45, 2.75) is 71.1 Å². The van der Waals surface area contributed by atoms with Gasteiger partial charge in [-0.25, -0.2) is 4.79 Å². The topological polar surface area (TPSA) is 52.6 Å². The van der Waals surface area contributed by atoms with Crippen LogP contribution in [0.25, 0.3) is 0 Å². The molecule has 0 aliphatic carbocycles. The molecule has 0 saturated carbocycles. The van der Waals surface area contributed by atoms with Crippen molar-refractivity contribution in [1.82, 2.24) is 0 Å². The molecule has 1 rings (SSSR count). The van der Waals surface area contributed by atoms with E-state index < -0.39 is 0 Å². The van der Waals surface area contributed by atoms with Gasteiger partial charge in [0, 0.05) is 6.42 Å². The van der Waals surface area contributed by atoms with E-state index in [4.69, 9.17) is 9.47 Å². The normalized spacial score (nSPS) is 10.9. The summed E-state index contributed by atoms with van der Waals surface area (Å²) >= 11 is 0. The van der Waals surface area contributed by atoms with E-state index in [0.717, 1.165) is 12.8 Å². The third-order valence-corrected chi connectivity index (χ3v) is 4.31. The molecule has 0 radical (unpaired) electrons. The number of ether oxygens (including phenoxy) is 2. The molecular formula is C23H34O4. The predicted octanol–water partition coefficient (Wildman–Crippen LogP) is 5.86. The van der Waals surface area contributed by atoms with Gasteiger partial charge in [-0.05, 0) is 30.7 Å². The molecule has 4 nitrogen and oxygen atoms in total. The van der Waals surface area contributed by atoms with Gasteiger partial charge in [-0.15, -0.1) is 0 Å². The third-order valence-electron chi connectivity index (χ3n) is 4.31. The molecule has 0 atom stereocenters. The maximum atomic E-state index is 11.7. The van der Waals surface area contributed by atoms with Gasteiger partial charge in [-0.3, -0.25) is 4.79 Å². The molecule has 0 bridgehead atoms. The highest BCUT2D eigenvalue weighted by Gasteiger charge is 2.04. The van der Waals surface area contributed by atoms with Crippen LogP contribution in [0.5, 0.6) is 0 Å². The Morgan fingerprint density at radius 1 is 0.778 bits per heavy atom. The van der Waals surface area contributed by atoms with Gasteiger partial charge in [-0.1, -0.05) is 76.5 Å². The molecule has 0 heterocycles. The fourth-order valence-corrected chi connectivity index (χ4v) is 2.71. The van der Waals surface area contributed by atoms with E-state index >= 15 is 0 Å². The monoisotopic (exact) mass is 374 g/mol. The van der Waals surface area contributed by atoms with Gasteiger partial charge in [0.25, 0.3) is 0 Å². The van der Waals surface area contributed by atoms with Crippen LogP contribution in [0.3, 0.4) is 0 Å². The summed E-state index contributed by atoms with van der Waals surface area (Å²) in [6.45, 7) is 2.62. The van der Waals surface area contributed by atoms with E-state index in [-0.39, 0.29) is 25.2 Å². The molecule has 0 aliphatic rings. The van der Waals surface area contributed by atoms with Crippen LogP contribution < -0.4 is 0 Å². The van der Waals surface area contributed by atoms with Gasteiger partial charge in [0.05, 0.1) is 5.56 Å². The Balaban J connectivity index is 1.93. The summed E-state index contributed by atoms with van der Waals surface area (Å²) in [5, 5.41) is 0. The number of carbonyl (C=O) groups excluding carboxylic acids is 2. The van der Waals surface area contributed by atoms with Crippen molar-refractivity contribution in [2.24, 2.45) is 0 Å². The number of esters is 2. The van der Waals surface area contributed by atoms with E-state index in [9.17, 15) is 9.59 Å². The van der Waals surface area contributed by atoms with E-state index in [1.54, 1.807) is 36.4 Å². The SMILES string of the molecule is CCCCCCCCCCCC(=O)OCC=CCOC(=O)c1ccccc1. The summed E-state index contributed by atoms with van der Waals surface area (Å²) in [6.07, 6.45) is 14.9. The predicted molar refractivity (Wildman–Crippen MR) is 109 cm³/mol. The molecule has 150 valence electrons. The van der Waals surface area contributed by atoms with Crippen LogP contribution in [0.2, 0.25) is 0 Å². The Labute approximate surface area is 163 Å². The second kappa shape index (κ2) is 16.1. The fourth-order valence-electron chi connectivity index (χ4n) is 2.71. The Hall–Kier alpha value is -2.10. The molecule has 0 unspecified atom stereocenters. The van der Waals surface area contributed by atoms with E-state index in [1.165, 1.54) is 44.9 Å². The summed E-state index contributed by atoms with van der Waals surface area (Å²) in [5.41, 5.74) is 0.526. The van der Waals surface area contributed by atoms with Crippen molar-refractivity contribution >= 4 is 11.9 Å². The highest BCUT2D eigenvalue weighted by molar-refractivity contribution is 5.89. The molecule has 0 spiro atoms. The second-order valence-corrected chi connectivity index (χ2v) is 6.70. The van der Waals surface area contributed by atoms with Crippen LogP contribution in [0, 0.1) is 0 Å². The van der Waals surface area contributed by atoms with Crippen molar-refractivity contribution in [1.29, 1.82) is 0 Å². The summed E-state index contributed by atoms with van der Waals surface area (Å²) in [7, 11) is 0. The zero-order valence-corrected chi connectivity index (χ0v) is 16.7. The Morgan fingerprint density at radius 3 is 1.96 bits per heavy atom. The second-order valence-electron chi connectivity index (χ2n) is 6.70. The zero-order valence-electron chi connectivity index (χ0n) is 16.7. The van der Waals surface area contributed by atoms with Crippen LogP contribution in [-0.4, -0.2) is 25.2 Å². The van der Waals surface area contributed by atoms with Gasteiger partial charge < -0.3 is 9.47 Å². The van der Waals surface area contributed by atoms with Crippen LogP contribution in [0.15, 0.2) is 42.5 Å². The third kappa shape index (κ3) is 12.8. The molecule has 27 heavy (non-hydrogen) atoms. The minimum atomic E-state index is -0.359. The largest absolute Gasteiger partial charge is 0.461 e. The number of benzene rings is 1. The van der Waals surface area contributed by atoms with Crippen LogP contribution >= 0.6 is 0 Å². The average Bonchev–Trinajstić information content (AvgIpc) is 2.69.